The van der Waals surface area contributed by atoms with Crippen molar-refractivity contribution < 1.29 is 4.79 Å². The van der Waals surface area contributed by atoms with Crippen molar-refractivity contribution in [2.45, 2.75) is 37.5 Å². The van der Waals surface area contributed by atoms with E-state index in [2.05, 4.69) is 38.2 Å². The lowest BCUT2D eigenvalue weighted by atomic mass is 10.0. The predicted molar refractivity (Wildman–Crippen MR) is 119 cm³/mol. The maximum Gasteiger partial charge on any atom is 0.251 e. The fourth-order valence-corrected chi connectivity index (χ4v) is 4.64. The highest BCUT2D eigenvalue weighted by atomic mass is 35.5. The first kappa shape index (κ1) is 19.6. The number of nitrogens with zero attached hydrogens (tertiary/aromatic N) is 1. The molecule has 0 saturated carbocycles. The molecule has 7 heteroatoms. The Morgan fingerprint density at radius 1 is 1.03 bits per heavy atom. The van der Waals surface area contributed by atoms with Gasteiger partial charge in [-0.15, -0.1) is 0 Å². The molecule has 3 aromatic rings. The Hall–Kier alpha value is -2.38. The summed E-state index contributed by atoms with van der Waals surface area (Å²) in [6.45, 7) is 1.93. The number of benzene rings is 2. The molecule has 0 spiro atoms. The number of H-pyrrole nitrogens is 1. The van der Waals surface area contributed by atoms with Crippen molar-refractivity contribution in [3.63, 3.8) is 0 Å². The van der Waals surface area contributed by atoms with E-state index in [4.69, 9.17) is 11.6 Å². The Kier molecular flexibility index (Phi) is 5.48. The number of nitrogens with one attached hydrogen (secondary N) is 4. The lowest BCUT2D eigenvalue weighted by Gasteiger charge is -2.35. The number of rotatable bonds is 4. The third-order valence-electron chi connectivity index (χ3n) is 6.28. The second kappa shape index (κ2) is 8.40. The molecule has 156 valence electrons. The molecule has 2 fully saturated rings. The van der Waals surface area contributed by atoms with Crippen LogP contribution in [0.5, 0.6) is 0 Å². The van der Waals surface area contributed by atoms with Gasteiger partial charge in [-0.1, -0.05) is 23.7 Å². The van der Waals surface area contributed by atoms with Crippen molar-refractivity contribution in [2.24, 2.45) is 0 Å². The third kappa shape index (κ3) is 4.09. The lowest BCUT2D eigenvalue weighted by molar-refractivity contribution is 0.0880. The van der Waals surface area contributed by atoms with E-state index in [-0.39, 0.29) is 18.0 Å². The zero-order valence-corrected chi connectivity index (χ0v) is 17.5. The second-order valence-electron chi connectivity index (χ2n) is 8.21. The van der Waals surface area contributed by atoms with Gasteiger partial charge >= 0.3 is 0 Å². The van der Waals surface area contributed by atoms with Crippen molar-refractivity contribution >= 4 is 28.4 Å². The molecule has 2 aromatic carbocycles. The van der Waals surface area contributed by atoms with Crippen LogP contribution in [0.4, 0.5) is 0 Å². The molecule has 6 nitrogen and oxygen atoms in total. The molecule has 4 N–H and O–H groups in total. The van der Waals surface area contributed by atoms with Crippen LogP contribution >= 0.6 is 11.6 Å². The highest BCUT2D eigenvalue weighted by molar-refractivity contribution is 6.30. The largest absolute Gasteiger partial charge is 0.361 e. The van der Waals surface area contributed by atoms with Crippen molar-refractivity contribution in [3.05, 3.63) is 70.9 Å². The number of likely N-dealkylation sites (tertiary alicyclic amines) is 1. The van der Waals surface area contributed by atoms with E-state index in [1.165, 1.54) is 5.56 Å². The monoisotopic (exact) mass is 423 g/mol. The zero-order chi connectivity index (χ0) is 20.5. The van der Waals surface area contributed by atoms with E-state index < -0.39 is 0 Å². The summed E-state index contributed by atoms with van der Waals surface area (Å²) in [5, 5.41) is 5.04. The number of hydrogen-bond donors (Lipinski definition) is 4. The summed E-state index contributed by atoms with van der Waals surface area (Å²) in [5.41, 5.74) is 9.86. The number of aromatic nitrogens is 1. The van der Waals surface area contributed by atoms with Crippen LogP contribution in [0.2, 0.25) is 5.02 Å². The summed E-state index contributed by atoms with van der Waals surface area (Å²) in [7, 11) is 0. The molecule has 2 aliphatic heterocycles. The summed E-state index contributed by atoms with van der Waals surface area (Å²) in [5.74, 6) is 0.0139. The average molecular weight is 424 g/mol. The minimum Gasteiger partial charge on any atom is -0.361 e. The van der Waals surface area contributed by atoms with Gasteiger partial charge in [0, 0.05) is 52.9 Å². The number of halogens is 1. The average Bonchev–Trinajstić information content (AvgIpc) is 3.44. The number of piperidine rings is 1. The Balaban J connectivity index is 1.13. The number of aromatic amines is 1. The molecule has 0 radical (unpaired) electrons. The Labute approximate surface area is 180 Å². The molecule has 3 heterocycles. The highest BCUT2D eigenvalue weighted by Gasteiger charge is 2.32. The van der Waals surface area contributed by atoms with Crippen LogP contribution in [0.3, 0.4) is 0 Å². The molecule has 0 bridgehead atoms. The van der Waals surface area contributed by atoms with E-state index in [0.29, 0.717) is 6.17 Å². The van der Waals surface area contributed by atoms with Gasteiger partial charge in [-0.25, -0.2) is 10.9 Å². The summed E-state index contributed by atoms with van der Waals surface area (Å²) in [6.07, 6.45) is 5.13. The Morgan fingerprint density at radius 3 is 2.63 bits per heavy atom. The highest BCUT2D eigenvalue weighted by Crippen LogP contribution is 2.26. The zero-order valence-electron chi connectivity index (χ0n) is 16.7. The van der Waals surface area contributed by atoms with Gasteiger partial charge in [-0.3, -0.25) is 9.69 Å². The van der Waals surface area contributed by atoms with E-state index in [1.54, 1.807) is 0 Å². The topological polar surface area (TPSA) is 72.2 Å². The van der Waals surface area contributed by atoms with Crippen molar-refractivity contribution in [3.8, 4) is 0 Å². The van der Waals surface area contributed by atoms with Gasteiger partial charge in [0.15, 0.2) is 0 Å². The second-order valence-corrected chi connectivity index (χ2v) is 8.64. The van der Waals surface area contributed by atoms with Gasteiger partial charge < -0.3 is 10.3 Å². The lowest BCUT2D eigenvalue weighted by Crippen LogP contribution is -2.51. The van der Waals surface area contributed by atoms with Gasteiger partial charge in [0.05, 0.1) is 6.17 Å². The van der Waals surface area contributed by atoms with E-state index in [9.17, 15) is 4.79 Å². The van der Waals surface area contributed by atoms with Crippen LogP contribution in [0.1, 0.15) is 41.2 Å². The van der Waals surface area contributed by atoms with Crippen LogP contribution in [-0.4, -0.2) is 41.1 Å². The summed E-state index contributed by atoms with van der Waals surface area (Å²) >= 11 is 6.00. The van der Waals surface area contributed by atoms with Crippen LogP contribution in [0.15, 0.2) is 54.7 Å². The van der Waals surface area contributed by atoms with Crippen LogP contribution < -0.4 is 16.2 Å². The molecule has 2 unspecified atom stereocenters. The van der Waals surface area contributed by atoms with Crippen molar-refractivity contribution in [1.82, 2.24) is 26.1 Å². The Morgan fingerprint density at radius 2 is 1.83 bits per heavy atom. The molecule has 2 aliphatic rings. The summed E-state index contributed by atoms with van der Waals surface area (Å²) in [6, 6.07) is 16.3. The predicted octanol–water partition coefficient (Wildman–Crippen LogP) is 3.58. The fourth-order valence-electron chi connectivity index (χ4n) is 4.51. The van der Waals surface area contributed by atoms with Crippen molar-refractivity contribution in [1.29, 1.82) is 0 Å². The van der Waals surface area contributed by atoms with Gasteiger partial charge in [0.2, 0.25) is 0 Å². The van der Waals surface area contributed by atoms with E-state index in [1.807, 2.05) is 42.6 Å². The molecule has 5 rings (SSSR count). The maximum absolute atomic E-state index is 12.7. The minimum atomic E-state index is 0.0139. The summed E-state index contributed by atoms with van der Waals surface area (Å²) < 4.78 is 0. The molecular weight excluding hydrogens is 398 g/mol. The molecule has 0 aliphatic carbocycles. The first-order chi connectivity index (χ1) is 14.7. The number of hydrazine groups is 1. The number of hydrogen-bond acceptors (Lipinski definition) is 4. The first-order valence-corrected chi connectivity index (χ1v) is 10.9. The van der Waals surface area contributed by atoms with Gasteiger partial charge in [-0.2, -0.15) is 0 Å². The smallest absolute Gasteiger partial charge is 0.251 e. The molecule has 1 aromatic heterocycles. The minimum absolute atomic E-state index is 0.0139. The van der Waals surface area contributed by atoms with Crippen molar-refractivity contribution in [2.75, 3.05) is 13.1 Å². The number of carbonyl (C=O) groups is 1. The Bertz CT molecular complexity index is 1030. The number of fused-ring (bicyclic) bond motifs is 1. The van der Waals surface area contributed by atoms with Crippen LogP contribution in [0, 0.1) is 0 Å². The quantitative estimate of drug-likeness (QED) is 0.517. The van der Waals surface area contributed by atoms with Gasteiger partial charge in [0.25, 0.3) is 5.91 Å². The van der Waals surface area contributed by atoms with Gasteiger partial charge in [0.1, 0.15) is 0 Å². The first-order valence-electron chi connectivity index (χ1n) is 10.5. The normalized spacial score (nSPS) is 23.1. The molecule has 2 saturated heterocycles. The van der Waals surface area contributed by atoms with Crippen LogP contribution in [0.25, 0.3) is 10.9 Å². The number of carbonyl (C=O) groups excluding carboxylic acids is 1. The molecule has 1 amide bonds. The third-order valence-corrected chi connectivity index (χ3v) is 6.53. The van der Waals surface area contributed by atoms with E-state index >= 15 is 0 Å². The van der Waals surface area contributed by atoms with Gasteiger partial charge in [-0.05, 0) is 61.2 Å². The fraction of sp³-hybridized carbons (Fsp3) is 0.348. The molecule has 30 heavy (non-hydrogen) atoms. The maximum atomic E-state index is 12.7. The number of amides is 1. The molecular formula is C23H26ClN5O. The summed E-state index contributed by atoms with van der Waals surface area (Å²) in [4.78, 5) is 18.3. The SMILES string of the molecule is O=C(NC1CCN(C2CC(c3ccc(Cl)cc3)NN2)CC1)c1ccc2[nH]ccc2c1. The molecule has 2 atom stereocenters. The van der Waals surface area contributed by atoms with E-state index in [0.717, 1.165) is 53.8 Å². The van der Waals surface area contributed by atoms with Crippen LogP contribution in [-0.2, 0) is 0 Å². The standard InChI is InChI=1S/C23H26ClN5O/c24-18-4-1-15(2-5-18)21-14-22(28-27-21)29-11-8-19(9-12-29)26-23(30)17-3-6-20-16(13-17)7-10-25-20/h1-7,10,13,19,21-22,25,27-28H,8-9,11-12,14H2,(H,26,30).